The summed E-state index contributed by atoms with van der Waals surface area (Å²) in [5, 5.41) is 13.3. The van der Waals surface area contributed by atoms with Crippen molar-refractivity contribution in [1.82, 2.24) is 15.2 Å². The summed E-state index contributed by atoms with van der Waals surface area (Å²) in [4.78, 5) is 27.9. The maximum Gasteiger partial charge on any atom is 0.319 e. The standard InChI is InChI=1S/C12H17ClN4O3/c1-3-16(4-2)8-7-15-12(18)9-5-6-14-11(13)10(9)17(19)20/h5-6H,3-4,7-8H2,1-2H3,(H,15,18). The van der Waals surface area contributed by atoms with Gasteiger partial charge in [-0.2, -0.15) is 0 Å². The fourth-order valence-electron chi connectivity index (χ4n) is 1.75. The summed E-state index contributed by atoms with van der Waals surface area (Å²) >= 11 is 5.66. The normalized spacial score (nSPS) is 10.6. The number of hydrogen-bond donors (Lipinski definition) is 1. The van der Waals surface area contributed by atoms with Crippen LogP contribution in [-0.4, -0.2) is 46.9 Å². The zero-order chi connectivity index (χ0) is 15.1. The summed E-state index contributed by atoms with van der Waals surface area (Å²) < 4.78 is 0. The van der Waals surface area contributed by atoms with Crippen molar-refractivity contribution in [3.8, 4) is 0 Å². The van der Waals surface area contributed by atoms with Crippen molar-refractivity contribution < 1.29 is 9.72 Å². The Balaban J connectivity index is 2.73. The number of pyridine rings is 1. The molecule has 1 heterocycles. The molecule has 0 aliphatic carbocycles. The number of halogens is 1. The highest BCUT2D eigenvalue weighted by Crippen LogP contribution is 2.25. The molecule has 7 nitrogen and oxygen atoms in total. The maximum absolute atomic E-state index is 12.0. The Morgan fingerprint density at radius 3 is 2.70 bits per heavy atom. The monoisotopic (exact) mass is 300 g/mol. The lowest BCUT2D eigenvalue weighted by Gasteiger charge is -2.17. The van der Waals surface area contributed by atoms with E-state index in [2.05, 4.69) is 15.2 Å². The van der Waals surface area contributed by atoms with Gasteiger partial charge in [0.15, 0.2) is 0 Å². The highest BCUT2D eigenvalue weighted by Gasteiger charge is 2.24. The highest BCUT2D eigenvalue weighted by molar-refractivity contribution is 6.32. The van der Waals surface area contributed by atoms with Crippen LogP contribution >= 0.6 is 11.6 Å². The molecule has 0 aliphatic heterocycles. The van der Waals surface area contributed by atoms with E-state index in [-0.39, 0.29) is 10.7 Å². The Labute approximate surface area is 122 Å². The Bertz CT molecular complexity index is 492. The Morgan fingerprint density at radius 2 is 2.15 bits per heavy atom. The third-order valence-corrected chi connectivity index (χ3v) is 3.19. The molecule has 0 saturated heterocycles. The second-order valence-corrected chi connectivity index (χ2v) is 4.40. The van der Waals surface area contributed by atoms with Crippen molar-refractivity contribution >= 4 is 23.2 Å². The summed E-state index contributed by atoms with van der Waals surface area (Å²) in [6.07, 6.45) is 1.27. The topological polar surface area (TPSA) is 88.4 Å². The summed E-state index contributed by atoms with van der Waals surface area (Å²) in [6.45, 7) is 6.92. The lowest BCUT2D eigenvalue weighted by atomic mass is 10.2. The number of carbonyl (C=O) groups is 1. The fourth-order valence-corrected chi connectivity index (χ4v) is 1.98. The minimum atomic E-state index is -0.700. The smallest absolute Gasteiger partial charge is 0.319 e. The van der Waals surface area contributed by atoms with Crippen LogP contribution in [0.3, 0.4) is 0 Å². The van der Waals surface area contributed by atoms with Gasteiger partial charge in [0.25, 0.3) is 5.91 Å². The van der Waals surface area contributed by atoms with Gasteiger partial charge >= 0.3 is 5.69 Å². The molecule has 1 aromatic rings. The van der Waals surface area contributed by atoms with Gasteiger partial charge in [-0.15, -0.1) is 0 Å². The van der Waals surface area contributed by atoms with Gasteiger partial charge in [0, 0.05) is 19.3 Å². The lowest BCUT2D eigenvalue weighted by molar-refractivity contribution is -0.385. The van der Waals surface area contributed by atoms with E-state index in [0.717, 1.165) is 13.1 Å². The number of nitro groups is 1. The van der Waals surface area contributed by atoms with E-state index >= 15 is 0 Å². The second kappa shape index (κ2) is 7.76. The van der Waals surface area contributed by atoms with Crippen LogP contribution in [-0.2, 0) is 0 Å². The van der Waals surface area contributed by atoms with Crippen molar-refractivity contribution in [2.45, 2.75) is 13.8 Å². The molecule has 0 saturated carbocycles. The van der Waals surface area contributed by atoms with Gasteiger partial charge in [-0.1, -0.05) is 25.4 Å². The van der Waals surface area contributed by atoms with Crippen LogP contribution in [0.5, 0.6) is 0 Å². The zero-order valence-electron chi connectivity index (χ0n) is 11.4. The molecular formula is C12H17ClN4O3. The molecule has 0 aromatic carbocycles. The van der Waals surface area contributed by atoms with Crippen molar-refractivity contribution in [1.29, 1.82) is 0 Å². The van der Waals surface area contributed by atoms with Crippen LogP contribution < -0.4 is 5.32 Å². The number of aromatic nitrogens is 1. The summed E-state index contributed by atoms with van der Waals surface area (Å²) in [5.41, 5.74) is -0.538. The number of likely N-dealkylation sites (N-methyl/N-ethyl adjacent to an activating group) is 1. The van der Waals surface area contributed by atoms with Gasteiger partial charge in [-0.05, 0) is 19.2 Å². The zero-order valence-corrected chi connectivity index (χ0v) is 12.2. The molecule has 0 radical (unpaired) electrons. The van der Waals surface area contributed by atoms with Crippen LogP contribution in [0.2, 0.25) is 5.15 Å². The van der Waals surface area contributed by atoms with E-state index in [1.165, 1.54) is 12.3 Å². The van der Waals surface area contributed by atoms with Crippen molar-refractivity contribution in [3.63, 3.8) is 0 Å². The molecule has 0 bridgehead atoms. The molecule has 0 unspecified atom stereocenters. The van der Waals surface area contributed by atoms with E-state index in [1.807, 2.05) is 13.8 Å². The summed E-state index contributed by atoms with van der Waals surface area (Å²) in [6, 6.07) is 1.29. The van der Waals surface area contributed by atoms with E-state index in [0.29, 0.717) is 13.1 Å². The molecule has 0 aliphatic rings. The van der Waals surface area contributed by atoms with Crippen molar-refractivity contribution in [2.24, 2.45) is 0 Å². The first kappa shape index (κ1) is 16.3. The van der Waals surface area contributed by atoms with Crippen LogP contribution in [0.4, 0.5) is 5.69 Å². The highest BCUT2D eigenvalue weighted by atomic mass is 35.5. The second-order valence-electron chi connectivity index (χ2n) is 4.04. The molecule has 1 rings (SSSR count). The van der Waals surface area contributed by atoms with Crippen molar-refractivity contribution in [3.05, 3.63) is 33.1 Å². The number of nitrogens with one attached hydrogen (secondary N) is 1. The Kier molecular flexibility index (Phi) is 6.33. The molecule has 0 spiro atoms. The molecule has 0 fully saturated rings. The lowest BCUT2D eigenvalue weighted by Crippen LogP contribution is -2.35. The van der Waals surface area contributed by atoms with Crippen LogP contribution in [0.15, 0.2) is 12.3 Å². The van der Waals surface area contributed by atoms with Gasteiger partial charge in [0.2, 0.25) is 5.15 Å². The molecule has 110 valence electrons. The van der Waals surface area contributed by atoms with E-state index in [1.54, 1.807) is 0 Å². The largest absolute Gasteiger partial charge is 0.351 e. The fraction of sp³-hybridized carbons (Fsp3) is 0.500. The van der Waals surface area contributed by atoms with Gasteiger partial charge in [-0.25, -0.2) is 4.98 Å². The molecule has 1 N–H and O–H groups in total. The first-order valence-electron chi connectivity index (χ1n) is 6.30. The van der Waals surface area contributed by atoms with Crippen LogP contribution in [0.25, 0.3) is 0 Å². The number of amides is 1. The van der Waals surface area contributed by atoms with Crippen LogP contribution in [0, 0.1) is 10.1 Å². The molecule has 1 amide bonds. The summed E-state index contributed by atoms with van der Waals surface area (Å²) in [5.74, 6) is -0.520. The quantitative estimate of drug-likeness (QED) is 0.470. The number of carbonyl (C=O) groups excluding carboxylic acids is 1. The molecule has 0 atom stereocenters. The molecular weight excluding hydrogens is 284 g/mol. The van der Waals surface area contributed by atoms with E-state index in [4.69, 9.17) is 11.6 Å². The first-order chi connectivity index (χ1) is 9.51. The SMILES string of the molecule is CCN(CC)CCNC(=O)c1ccnc(Cl)c1[N+](=O)[O-]. The number of nitrogens with zero attached hydrogens (tertiary/aromatic N) is 3. The third kappa shape index (κ3) is 4.14. The van der Waals surface area contributed by atoms with Gasteiger partial charge in [0.05, 0.1) is 4.92 Å². The van der Waals surface area contributed by atoms with E-state index in [9.17, 15) is 14.9 Å². The Morgan fingerprint density at radius 1 is 1.50 bits per heavy atom. The number of hydrogen-bond acceptors (Lipinski definition) is 5. The minimum absolute atomic E-state index is 0.0745. The Hall–Kier alpha value is -1.73. The molecule has 1 aromatic heterocycles. The van der Waals surface area contributed by atoms with E-state index < -0.39 is 16.5 Å². The predicted octanol–water partition coefficient (Wildman–Crippen LogP) is 1.71. The molecule has 8 heteroatoms. The van der Waals surface area contributed by atoms with Crippen molar-refractivity contribution in [2.75, 3.05) is 26.2 Å². The molecule has 20 heavy (non-hydrogen) atoms. The minimum Gasteiger partial charge on any atom is -0.351 e. The number of rotatable bonds is 7. The average molecular weight is 301 g/mol. The average Bonchev–Trinajstić information content (AvgIpc) is 2.42. The maximum atomic E-state index is 12.0. The summed E-state index contributed by atoms with van der Waals surface area (Å²) in [7, 11) is 0. The third-order valence-electron chi connectivity index (χ3n) is 2.91. The predicted molar refractivity (Wildman–Crippen MR) is 76.0 cm³/mol. The van der Waals surface area contributed by atoms with Gasteiger partial charge in [-0.3, -0.25) is 14.9 Å². The van der Waals surface area contributed by atoms with Gasteiger partial charge in [0.1, 0.15) is 5.56 Å². The van der Waals surface area contributed by atoms with Gasteiger partial charge < -0.3 is 10.2 Å². The first-order valence-corrected chi connectivity index (χ1v) is 6.68. The van der Waals surface area contributed by atoms with Crippen LogP contribution in [0.1, 0.15) is 24.2 Å².